The highest BCUT2D eigenvalue weighted by Crippen LogP contribution is 2.25. The molecule has 2 rings (SSSR count). The number of nitrogens with zero attached hydrogens (tertiary/aromatic N) is 2. The summed E-state index contributed by atoms with van der Waals surface area (Å²) in [5.41, 5.74) is 7.16. The first-order chi connectivity index (χ1) is 8.97. The molecule has 0 unspecified atom stereocenters. The second-order valence-electron chi connectivity index (χ2n) is 5.80. The largest absolute Gasteiger partial charge is 0.384 e. The number of hydrogen-bond donors (Lipinski definition) is 1. The molecule has 1 aromatic heterocycles. The van der Waals surface area contributed by atoms with E-state index in [4.69, 9.17) is 5.73 Å². The Labute approximate surface area is 115 Å². The van der Waals surface area contributed by atoms with Gasteiger partial charge < -0.3 is 10.6 Å². The van der Waals surface area contributed by atoms with Gasteiger partial charge in [0.05, 0.1) is 0 Å². The molecule has 1 aliphatic rings. The molecule has 0 saturated carbocycles. The third-order valence-corrected chi connectivity index (χ3v) is 3.99. The van der Waals surface area contributed by atoms with E-state index in [1.165, 1.54) is 0 Å². The molecule has 0 radical (unpaired) electrons. The number of likely N-dealkylation sites (tertiary alicyclic amines) is 1. The Kier molecular flexibility index (Phi) is 4.08. The lowest BCUT2D eigenvalue weighted by Gasteiger charge is -2.34. The maximum absolute atomic E-state index is 12.4. The molecule has 19 heavy (non-hydrogen) atoms. The standard InChI is InChI=1S/C15H23N3O/c1-10(2)12-4-6-18(7-5-12)15(19)13-8-11(3)17-14(16)9-13/h8-10,12H,4-7H2,1-3H3,(H2,16,17). The van der Waals surface area contributed by atoms with Gasteiger partial charge in [-0.3, -0.25) is 4.79 Å². The van der Waals surface area contributed by atoms with E-state index < -0.39 is 0 Å². The number of amides is 1. The Morgan fingerprint density at radius 1 is 1.37 bits per heavy atom. The Balaban J connectivity index is 2.05. The van der Waals surface area contributed by atoms with E-state index in [0.717, 1.165) is 37.5 Å². The first-order valence-electron chi connectivity index (χ1n) is 7.01. The molecule has 2 N–H and O–H groups in total. The minimum atomic E-state index is 0.0828. The van der Waals surface area contributed by atoms with Crippen LogP contribution in [0.5, 0.6) is 0 Å². The van der Waals surface area contributed by atoms with Crippen LogP contribution in [0.15, 0.2) is 12.1 Å². The number of nitrogens with two attached hydrogens (primary N) is 1. The molecule has 4 nitrogen and oxygen atoms in total. The summed E-state index contributed by atoms with van der Waals surface area (Å²) in [5.74, 6) is 1.95. The fraction of sp³-hybridized carbons (Fsp3) is 0.600. The van der Waals surface area contributed by atoms with Crippen molar-refractivity contribution in [1.82, 2.24) is 9.88 Å². The molecule has 1 aromatic rings. The fourth-order valence-electron chi connectivity index (χ4n) is 2.77. The molecule has 1 amide bonds. The number of rotatable bonds is 2. The molecule has 104 valence electrons. The van der Waals surface area contributed by atoms with Gasteiger partial charge in [0.15, 0.2) is 0 Å². The van der Waals surface area contributed by atoms with Crippen molar-refractivity contribution < 1.29 is 4.79 Å². The monoisotopic (exact) mass is 261 g/mol. The number of aryl methyl sites for hydroxylation is 1. The quantitative estimate of drug-likeness (QED) is 0.889. The molecule has 0 spiro atoms. The lowest BCUT2D eigenvalue weighted by atomic mass is 9.86. The van der Waals surface area contributed by atoms with Gasteiger partial charge in [-0.15, -0.1) is 0 Å². The summed E-state index contributed by atoms with van der Waals surface area (Å²) >= 11 is 0. The number of carbonyl (C=O) groups is 1. The fourth-order valence-corrected chi connectivity index (χ4v) is 2.77. The maximum atomic E-state index is 12.4. The zero-order valence-electron chi connectivity index (χ0n) is 12.0. The van der Waals surface area contributed by atoms with Crippen molar-refractivity contribution in [3.8, 4) is 0 Å². The van der Waals surface area contributed by atoms with E-state index in [9.17, 15) is 4.79 Å². The van der Waals surface area contributed by atoms with E-state index in [-0.39, 0.29) is 5.91 Å². The number of hydrogen-bond acceptors (Lipinski definition) is 3. The molecular formula is C15H23N3O. The lowest BCUT2D eigenvalue weighted by Crippen LogP contribution is -2.39. The van der Waals surface area contributed by atoms with E-state index in [1.807, 2.05) is 17.9 Å². The molecule has 1 saturated heterocycles. The first-order valence-corrected chi connectivity index (χ1v) is 7.01. The van der Waals surface area contributed by atoms with Crippen LogP contribution in [0.2, 0.25) is 0 Å². The number of pyridine rings is 1. The molecule has 4 heteroatoms. The Morgan fingerprint density at radius 3 is 2.53 bits per heavy atom. The molecule has 1 aliphatic heterocycles. The summed E-state index contributed by atoms with van der Waals surface area (Å²) in [7, 11) is 0. The zero-order valence-corrected chi connectivity index (χ0v) is 12.0. The lowest BCUT2D eigenvalue weighted by molar-refractivity contribution is 0.0667. The normalized spacial score (nSPS) is 16.9. The maximum Gasteiger partial charge on any atom is 0.254 e. The topological polar surface area (TPSA) is 59.2 Å². The third kappa shape index (κ3) is 3.25. The van der Waals surface area contributed by atoms with Crippen molar-refractivity contribution in [3.63, 3.8) is 0 Å². The van der Waals surface area contributed by atoms with Crippen LogP contribution in [0.3, 0.4) is 0 Å². The van der Waals surface area contributed by atoms with Crippen LogP contribution in [0.25, 0.3) is 0 Å². The highest BCUT2D eigenvalue weighted by molar-refractivity contribution is 5.95. The molecule has 0 bridgehead atoms. The summed E-state index contributed by atoms with van der Waals surface area (Å²) in [5, 5.41) is 0. The van der Waals surface area contributed by atoms with Gasteiger partial charge in [0, 0.05) is 24.3 Å². The van der Waals surface area contributed by atoms with Gasteiger partial charge in [-0.2, -0.15) is 0 Å². The summed E-state index contributed by atoms with van der Waals surface area (Å²) in [6.07, 6.45) is 2.20. The molecule has 0 atom stereocenters. The van der Waals surface area contributed by atoms with Crippen LogP contribution in [0.4, 0.5) is 5.82 Å². The molecule has 1 fully saturated rings. The average molecular weight is 261 g/mol. The van der Waals surface area contributed by atoms with E-state index in [1.54, 1.807) is 6.07 Å². The molecule has 0 aliphatic carbocycles. The highest BCUT2D eigenvalue weighted by Gasteiger charge is 2.25. The van der Waals surface area contributed by atoms with Gasteiger partial charge in [0.1, 0.15) is 5.82 Å². The third-order valence-electron chi connectivity index (χ3n) is 3.99. The number of anilines is 1. The molecular weight excluding hydrogens is 238 g/mol. The Bertz CT molecular complexity index is 442. The van der Waals surface area contributed by atoms with Crippen LogP contribution >= 0.6 is 0 Å². The van der Waals surface area contributed by atoms with Crippen LogP contribution in [-0.2, 0) is 0 Å². The van der Waals surface area contributed by atoms with Gasteiger partial charge in [-0.1, -0.05) is 13.8 Å². The zero-order chi connectivity index (χ0) is 14.0. The number of piperidine rings is 1. The molecule has 0 aromatic carbocycles. The van der Waals surface area contributed by atoms with E-state index >= 15 is 0 Å². The number of nitrogen functional groups attached to an aromatic ring is 1. The molecule has 2 heterocycles. The van der Waals surface area contributed by atoms with Crippen molar-refractivity contribution >= 4 is 11.7 Å². The summed E-state index contributed by atoms with van der Waals surface area (Å²) in [4.78, 5) is 18.5. The highest BCUT2D eigenvalue weighted by atomic mass is 16.2. The number of aromatic nitrogens is 1. The summed E-state index contributed by atoms with van der Waals surface area (Å²) in [6.45, 7) is 8.08. The van der Waals surface area contributed by atoms with Crippen LogP contribution in [0, 0.1) is 18.8 Å². The SMILES string of the molecule is Cc1cc(C(=O)N2CCC(C(C)C)CC2)cc(N)n1. The van der Waals surface area contributed by atoms with Crippen LogP contribution < -0.4 is 5.73 Å². The van der Waals surface area contributed by atoms with E-state index in [0.29, 0.717) is 17.3 Å². The summed E-state index contributed by atoms with van der Waals surface area (Å²) < 4.78 is 0. The Hall–Kier alpha value is -1.58. The number of carbonyl (C=O) groups excluding carboxylic acids is 1. The van der Waals surface area contributed by atoms with Crippen molar-refractivity contribution in [2.24, 2.45) is 11.8 Å². The van der Waals surface area contributed by atoms with Gasteiger partial charge in [0.2, 0.25) is 0 Å². The minimum Gasteiger partial charge on any atom is -0.384 e. The van der Waals surface area contributed by atoms with Crippen molar-refractivity contribution in [3.05, 3.63) is 23.4 Å². The van der Waals surface area contributed by atoms with Crippen molar-refractivity contribution in [2.45, 2.75) is 33.6 Å². The second-order valence-corrected chi connectivity index (χ2v) is 5.80. The summed E-state index contributed by atoms with van der Waals surface area (Å²) in [6, 6.07) is 3.48. The smallest absolute Gasteiger partial charge is 0.254 e. The van der Waals surface area contributed by atoms with Crippen LogP contribution in [0.1, 0.15) is 42.7 Å². The van der Waals surface area contributed by atoms with Gasteiger partial charge in [-0.25, -0.2) is 4.98 Å². The van der Waals surface area contributed by atoms with Crippen molar-refractivity contribution in [1.29, 1.82) is 0 Å². The predicted octanol–water partition coefficient (Wildman–Crippen LogP) is 2.48. The Morgan fingerprint density at radius 2 is 2.00 bits per heavy atom. The van der Waals surface area contributed by atoms with Gasteiger partial charge >= 0.3 is 0 Å². The average Bonchev–Trinajstić information content (AvgIpc) is 2.37. The second kappa shape index (κ2) is 5.59. The van der Waals surface area contributed by atoms with Crippen molar-refractivity contribution in [2.75, 3.05) is 18.8 Å². The van der Waals surface area contributed by atoms with Gasteiger partial charge in [0.25, 0.3) is 5.91 Å². The van der Waals surface area contributed by atoms with Gasteiger partial charge in [-0.05, 0) is 43.7 Å². The van der Waals surface area contributed by atoms with E-state index in [2.05, 4.69) is 18.8 Å². The van der Waals surface area contributed by atoms with Crippen LogP contribution in [-0.4, -0.2) is 28.9 Å². The first kappa shape index (κ1) is 13.8. The minimum absolute atomic E-state index is 0.0828. The predicted molar refractivity (Wildman–Crippen MR) is 76.9 cm³/mol.